The van der Waals surface area contributed by atoms with Gasteiger partial charge in [0.05, 0.1) is 4.92 Å². The molecule has 0 fully saturated rings. The smallest absolute Gasteiger partial charge is 0.269 e. The van der Waals surface area contributed by atoms with Gasteiger partial charge in [-0.05, 0) is 30.2 Å². The minimum absolute atomic E-state index is 0.00836. The van der Waals surface area contributed by atoms with E-state index >= 15 is 0 Å². The molecule has 4 nitrogen and oxygen atoms in total. The molecule has 2 aromatic rings. The minimum atomic E-state index is -0.433. The number of benzene rings is 2. The van der Waals surface area contributed by atoms with Gasteiger partial charge < -0.3 is 5.32 Å². The SMILES string of the molecule is C[C@@H](NCc1cc([N+](=O)[O-])ccc1Cl)c1ccccc1Cl. The molecule has 21 heavy (non-hydrogen) atoms. The molecule has 0 unspecified atom stereocenters. The maximum atomic E-state index is 10.8. The van der Waals surface area contributed by atoms with Gasteiger partial charge in [-0.25, -0.2) is 0 Å². The van der Waals surface area contributed by atoms with Gasteiger partial charge in [0.1, 0.15) is 0 Å². The zero-order valence-electron chi connectivity index (χ0n) is 11.3. The largest absolute Gasteiger partial charge is 0.306 e. The van der Waals surface area contributed by atoms with Crippen molar-refractivity contribution in [2.75, 3.05) is 0 Å². The Morgan fingerprint density at radius 1 is 1.19 bits per heavy atom. The Morgan fingerprint density at radius 3 is 2.57 bits per heavy atom. The van der Waals surface area contributed by atoms with Crippen LogP contribution in [0.15, 0.2) is 42.5 Å². The van der Waals surface area contributed by atoms with E-state index in [1.165, 1.54) is 18.2 Å². The molecule has 0 saturated carbocycles. The Hall–Kier alpha value is -1.62. The second-order valence-corrected chi connectivity index (χ2v) is 5.47. The monoisotopic (exact) mass is 324 g/mol. The second-order valence-electron chi connectivity index (χ2n) is 4.66. The lowest BCUT2D eigenvalue weighted by molar-refractivity contribution is -0.384. The van der Waals surface area contributed by atoms with Gasteiger partial charge in [-0.3, -0.25) is 10.1 Å². The summed E-state index contributed by atoms with van der Waals surface area (Å²) in [5.74, 6) is 0. The first-order chi connectivity index (χ1) is 9.99. The van der Waals surface area contributed by atoms with E-state index in [0.717, 1.165) is 5.56 Å². The fraction of sp³-hybridized carbons (Fsp3) is 0.200. The lowest BCUT2D eigenvalue weighted by Gasteiger charge is -2.16. The van der Waals surface area contributed by atoms with E-state index in [1.54, 1.807) is 0 Å². The second kappa shape index (κ2) is 6.89. The summed E-state index contributed by atoms with van der Waals surface area (Å²) >= 11 is 12.2. The summed E-state index contributed by atoms with van der Waals surface area (Å²) in [5.41, 5.74) is 1.69. The number of nitro benzene ring substituents is 1. The third-order valence-electron chi connectivity index (χ3n) is 3.21. The summed E-state index contributed by atoms with van der Waals surface area (Å²) in [6, 6.07) is 12.0. The highest BCUT2D eigenvalue weighted by molar-refractivity contribution is 6.31. The fourth-order valence-electron chi connectivity index (χ4n) is 2.01. The molecule has 0 heterocycles. The normalized spacial score (nSPS) is 12.1. The molecule has 0 saturated heterocycles. The summed E-state index contributed by atoms with van der Waals surface area (Å²) in [6.07, 6.45) is 0. The number of nitrogens with one attached hydrogen (secondary N) is 1. The first kappa shape index (κ1) is 15.8. The summed E-state index contributed by atoms with van der Waals surface area (Å²) in [7, 11) is 0. The van der Waals surface area contributed by atoms with Crippen molar-refractivity contribution in [1.29, 1.82) is 0 Å². The van der Waals surface area contributed by atoms with E-state index in [1.807, 2.05) is 31.2 Å². The van der Waals surface area contributed by atoms with Crippen LogP contribution in [0.3, 0.4) is 0 Å². The predicted molar refractivity (Wildman–Crippen MR) is 84.8 cm³/mol. The van der Waals surface area contributed by atoms with Crippen LogP contribution < -0.4 is 5.32 Å². The van der Waals surface area contributed by atoms with E-state index < -0.39 is 4.92 Å². The maximum Gasteiger partial charge on any atom is 0.269 e. The van der Waals surface area contributed by atoms with Crippen LogP contribution in [0.2, 0.25) is 10.0 Å². The van der Waals surface area contributed by atoms with Gasteiger partial charge in [0.15, 0.2) is 0 Å². The zero-order chi connectivity index (χ0) is 15.4. The molecule has 0 radical (unpaired) electrons. The Morgan fingerprint density at radius 2 is 1.90 bits per heavy atom. The Kier molecular flexibility index (Phi) is 5.17. The molecule has 0 aliphatic heterocycles. The fourth-order valence-corrected chi connectivity index (χ4v) is 2.49. The van der Waals surface area contributed by atoms with Crippen molar-refractivity contribution >= 4 is 28.9 Å². The molecule has 0 bridgehead atoms. The van der Waals surface area contributed by atoms with Gasteiger partial charge in [0, 0.05) is 34.8 Å². The first-order valence-electron chi connectivity index (χ1n) is 6.39. The molecular formula is C15H14Cl2N2O2. The molecule has 0 aromatic heterocycles. The first-order valence-corrected chi connectivity index (χ1v) is 7.15. The van der Waals surface area contributed by atoms with Crippen molar-refractivity contribution in [3.8, 4) is 0 Å². The van der Waals surface area contributed by atoms with Gasteiger partial charge in [-0.2, -0.15) is 0 Å². The molecule has 1 N–H and O–H groups in total. The van der Waals surface area contributed by atoms with Crippen LogP contribution in [0.4, 0.5) is 5.69 Å². The quantitative estimate of drug-likeness (QED) is 0.637. The van der Waals surface area contributed by atoms with E-state index in [2.05, 4.69) is 5.32 Å². The topological polar surface area (TPSA) is 55.2 Å². The van der Waals surface area contributed by atoms with Crippen LogP contribution in [0.5, 0.6) is 0 Å². The summed E-state index contributed by atoms with van der Waals surface area (Å²) in [6.45, 7) is 2.40. The Labute approximate surface area is 132 Å². The summed E-state index contributed by atoms with van der Waals surface area (Å²) < 4.78 is 0. The Balaban J connectivity index is 2.11. The van der Waals surface area contributed by atoms with Crippen LogP contribution in [0.1, 0.15) is 24.1 Å². The highest BCUT2D eigenvalue weighted by Crippen LogP contribution is 2.25. The van der Waals surface area contributed by atoms with Crippen LogP contribution in [0.25, 0.3) is 0 Å². The predicted octanol–water partition coefficient (Wildman–Crippen LogP) is 4.75. The summed E-state index contributed by atoms with van der Waals surface area (Å²) in [5, 5.41) is 15.2. The maximum absolute atomic E-state index is 10.8. The molecule has 0 spiro atoms. The van der Waals surface area contributed by atoms with Gasteiger partial charge >= 0.3 is 0 Å². The van der Waals surface area contributed by atoms with Gasteiger partial charge in [0.25, 0.3) is 5.69 Å². The van der Waals surface area contributed by atoms with Crippen LogP contribution >= 0.6 is 23.2 Å². The average Bonchev–Trinajstić information content (AvgIpc) is 2.46. The number of hydrogen-bond donors (Lipinski definition) is 1. The number of hydrogen-bond acceptors (Lipinski definition) is 3. The average molecular weight is 325 g/mol. The third kappa shape index (κ3) is 3.94. The molecule has 1 atom stereocenters. The number of non-ortho nitro benzene ring substituents is 1. The highest BCUT2D eigenvalue weighted by Gasteiger charge is 2.12. The minimum Gasteiger partial charge on any atom is -0.306 e. The molecular weight excluding hydrogens is 311 g/mol. The van der Waals surface area contributed by atoms with Crippen molar-refractivity contribution in [2.24, 2.45) is 0 Å². The zero-order valence-corrected chi connectivity index (χ0v) is 12.9. The van der Waals surface area contributed by atoms with E-state index in [4.69, 9.17) is 23.2 Å². The Bertz CT molecular complexity index is 662. The van der Waals surface area contributed by atoms with Crippen LogP contribution in [0, 0.1) is 10.1 Å². The standard InChI is InChI=1S/C15H14Cl2N2O2/c1-10(13-4-2-3-5-15(13)17)18-9-11-8-12(19(20)21)6-7-14(11)16/h2-8,10,18H,9H2,1H3/t10-/m1/s1. The molecule has 0 aliphatic rings. The van der Waals surface area contributed by atoms with E-state index in [-0.39, 0.29) is 11.7 Å². The number of halogens is 2. The third-order valence-corrected chi connectivity index (χ3v) is 3.92. The number of nitrogens with zero attached hydrogens (tertiary/aromatic N) is 1. The van der Waals surface area contributed by atoms with Crippen molar-refractivity contribution in [1.82, 2.24) is 5.32 Å². The van der Waals surface area contributed by atoms with Crippen LogP contribution in [-0.4, -0.2) is 4.92 Å². The van der Waals surface area contributed by atoms with E-state index in [0.29, 0.717) is 22.2 Å². The molecule has 110 valence electrons. The molecule has 0 aliphatic carbocycles. The van der Waals surface area contributed by atoms with Gasteiger partial charge in [0.2, 0.25) is 0 Å². The van der Waals surface area contributed by atoms with Crippen molar-refractivity contribution < 1.29 is 4.92 Å². The van der Waals surface area contributed by atoms with Gasteiger partial charge in [-0.15, -0.1) is 0 Å². The van der Waals surface area contributed by atoms with Gasteiger partial charge in [-0.1, -0.05) is 41.4 Å². The number of rotatable bonds is 5. The lowest BCUT2D eigenvalue weighted by atomic mass is 10.1. The van der Waals surface area contributed by atoms with Crippen molar-refractivity contribution in [3.63, 3.8) is 0 Å². The van der Waals surface area contributed by atoms with Crippen molar-refractivity contribution in [3.05, 3.63) is 73.8 Å². The highest BCUT2D eigenvalue weighted by atomic mass is 35.5. The van der Waals surface area contributed by atoms with E-state index in [9.17, 15) is 10.1 Å². The molecule has 2 aromatic carbocycles. The number of nitro groups is 1. The molecule has 2 rings (SSSR count). The summed E-state index contributed by atoms with van der Waals surface area (Å²) in [4.78, 5) is 10.4. The van der Waals surface area contributed by atoms with Crippen molar-refractivity contribution in [2.45, 2.75) is 19.5 Å². The molecule has 6 heteroatoms. The molecule has 0 amide bonds. The van der Waals surface area contributed by atoms with Crippen LogP contribution in [-0.2, 0) is 6.54 Å². The lowest BCUT2D eigenvalue weighted by Crippen LogP contribution is -2.18.